The SMILES string of the molecule is CCC(CSc1ccoc1C)NC. The summed E-state index contributed by atoms with van der Waals surface area (Å²) >= 11 is 1.85. The van der Waals surface area contributed by atoms with Gasteiger partial charge in [-0.3, -0.25) is 0 Å². The van der Waals surface area contributed by atoms with E-state index < -0.39 is 0 Å². The van der Waals surface area contributed by atoms with Crippen LogP contribution < -0.4 is 5.32 Å². The van der Waals surface area contributed by atoms with Gasteiger partial charge < -0.3 is 9.73 Å². The van der Waals surface area contributed by atoms with Gasteiger partial charge in [-0.15, -0.1) is 11.8 Å². The molecular formula is C10H17NOS. The molecule has 0 amide bonds. The van der Waals surface area contributed by atoms with Crippen molar-refractivity contribution in [1.29, 1.82) is 0 Å². The minimum absolute atomic E-state index is 0.597. The number of rotatable bonds is 5. The maximum atomic E-state index is 5.22. The van der Waals surface area contributed by atoms with Gasteiger partial charge in [0.15, 0.2) is 0 Å². The fourth-order valence-corrected chi connectivity index (χ4v) is 2.31. The summed E-state index contributed by atoms with van der Waals surface area (Å²) in [5, 5.41) is 3.28. The number of nitrogens with one attached hydrogen (secondary N) is 1. The molecule has 0 radical (unpaired) electrons. The summed E-state index contributed by atoms with van der Waals surface area (Å²) in [4.78, 5) is 1.26. The van der Waals surface area contributed by atoms with E-state index >= 15 is 0 Å². The molecule has 1 N–H and O–H groups in total. The summed E-state index contributed by atoms with van der Waals surface area (Å²) in [6, 6.07) is 2.63. The van der Waals surface area contributed by atoms with Crippen LogP contribution in [-0.4, -0.2) is 18.8 Å². The molecule has 3 heteroatoms. The highest BCUT2D eigenvalue weighted by atomic mass is 32.2. The number of thioether (sulfide) groups is 1. The number of aryl methyl sites for hydroxylation is 1. The lowest BCUT2D eigenvalue weighted by Crippen LogP contribution is -2.26. The second kappa shape index (κ2) is 5.35. The Hall–Kier alpha value is -0.410. The van der Waals surface area contributed by atoms with E-state index in [9.17, 15) is 0 Å². The van der Waals surface area contributed by atoms with Gasteiger partial charge in [0, 0.05) is 16.7 Å². The fraction of sp³-hybridized carbons (Fsp3) is 0.600. The average molecular weight is 199 g/mol. The second-order valence-electron chi connectivity index (χ2n) is 3.05. The molecule has 1 atom stereocenters. The first-order valence-electron chi connectivity index (χ1n) is 4.62. The summed E-state index contributed by atoms with van der Waals surface area (Å²) in [5.41, 5.74) is 0. The molecule has 1 rings (SSSR count). The summed E-state index contributed by atoms with van der Waals surface area (Å²) in [7, 11) is 2.01. The molecule has 0 aliphatic heterocycles. The molecule has 0 saturated carbocycles. The van der Waals surface area contributed by atoms with Gasteiger partial charge in [0.05, 0.1) is 6.26 Å². The summed E-state index contributed by atoms with van der Waals surface area (Å²) < 4.78 is 5.22. The lowest BCUT2D eigenvalue weighted by molar-refractivity contribution is 0.526. The van der Waals surface area contributed by atoms with Gasteiger partial charge in [0.25, 0.3) is 0 Å². The molecule has 13 heavy (non-hydrogen) atoms. The Morgan fingerprint density at radius 1 is 1.62 bits per heavy atom. The van der Waals surface area contributed by atoms with Crippen LogP contribution in [0.5, 0.6) is 0 Å². The molecule has 1 heterocycles. The molecule has 0 saturated heterocycles. The second-order valence-corrected chi connectivity index (χ2v) is 4.11. The maximum absolute atomic E-state index is 5.22. The highest BCUT2D eigenvalue weighted by molar-refractivity contribution is 7.99. The van der Waals surface area contributed by atoms with Gasteiger partial charge in [-0.2, -0.15) is 0 Å². The first-order valence-corrected chi connectivity index (χ1v) is 5.60. The largest absolute Gasteiger partial charge is 0.468 e. The van der Waals surface area contributed by atoms with Gasteiger partial charge in [-0.05, 0) is 26.5 Å². The zero-order chi connectivity index (χ0) is 9.68. The van der Waals surface area contributed by atoms with Gasteiger partial charge in [-0.25, -0.2) is 0 Å². The normalized spacial score (nSPS) is 13.2. The predicted octanol–water partition coefficient (Wildman–Crippen LogP) is 2.68. The van der Waals surface area contributed by atoms with Gasteiger partial charge in [-0.1, -0.05) is 6.92 Å². The Bertz CT molecular complexity index is 243. The number of furan rings is 1. The van der Waals surface area contributed by atoms with Crippen LogP contribution in [0.2, 0.25) is 0 Å². The van der Waals surface area contributed by atoms with Crippen LogP contribution in [0.25, 0.3) is 0 Å². The van der Waals surface area contributed by atoms with Crippen molar-refractivity contribution in [2.75, 3.05) is 12.8 Å². The smallest absolute Gasteiger partial charge is 0.114 e. The van der Waals surface area contributed by atoms with E-state index in [0.717, 1.165) is 11.5 Å². The van der Waals surface area contributed by atoms with E-state index in [-0.39, 0.29) is 0 Å². The third-order valence-corrected chi connectivity index (χ3v) is 3.46. The van der Waals surface area contributed by atoms with E-state index in [1.165, 1.54) is 11.3 Å². The third-order valence-electron chi connectivity index (χ3n) is 2.15. The summed E-state index contributed by atoms with van der Waals surface area (Å²) in [6.07, 6.45) is 2.92. The fourth-order valence-electron chi connectivity index (χ4n) is 1.12. The Morgan fingerprint density at radius 3 is 2.85 bits per heavy atom. The predicted molar refractivity (Wildman–Crippen MR) is 57.3 cm³/mol. The van der Waals surface area contributed by atoms with Crippen molar-refractivity contribution in [2.45, 2.75) is 31.2 Å². The monoisotopic (exact) mass is 199 g/mol. The standard InChI is InChI=1S/C10H17NOS/c1-4-9(11-3)7-13-10-5-6-12-8(10)2/h5-6,9,11H,4,7H2,1-3H3. The van der Waals surface area contributed by atoms with Crippen molar-refractivity contribution in [2.24, 2.45) is 0 Å². The highest BCUT2D eigenvalue weighted by Crippen LogP contribution is 2.23. The summed E-state index contributed by atoms with van der Waals surface area (Å²) in [5.74, 6) is 2.13. The van der Waals surface area contributed by atoms with Crippen molar-refractivity contribution in [3.63, 3.8) is 0 Å². The van der Waals surface area contributed by atoms with Crippen LogP contribution in [-0.2, 0) is 0 Å². The van der Waals surface area contributed by atoms with Crippen LogP contribution in [0, 0.1) is 6.92 Å². The highest BCUT2D eigenvalue weighted by Gasteiger charge is 2.06. The van der Waals surface area contributed by atoms with Crippen molar-refractivity contribution in [3.05, 3.63) is 18.1 Å². The molecule has 2 nitrogen and oxygen atoms in total. The molecule has 1 aromatic heterocycles. The summed E-state index contributed by atoms with van der Waals surface area (Å²) in [6.45, 7) is 4.20. The van der Waals surface area contributed by atoms with Crippen LogP contribution in [0.4, 0.5) is 0 Å². The zero-order valence-corrected chi connectivity index (χ0v) is 9.28. The third kappa shape index (κ3) is 3.08. The molecule has 0 bridgehead atoms. The van der Waals surface area contributed by atoms with Crippen LogP contribution in [0.15, 0.2) is 21.6 Å². The quantitative estimate of drug-likeness (QED) is 0.738. The van der Waals surface area contributed by atoms with Gasteiger partial charge in [0.2, 0.25) is 0 Å². The molecule has 0 aromatic carbocycles. The van der Waals surface area contributed by atoms with Crippen molar-refractivity contribution in [1.82, 2.24) is 5.32 Å². The molecule has 0 aliphatic rings. The Labute approximate surface area is 84.1 Å². The van der Waals surface area contributed by atoms with Crippen molar-refractivity contribution >= 4 is 11.8 Å². The van der Waals surface area contributed by atoms with Crippen LogP contribution in [0.3, 0.4) is 0 Å². The number of hydrogen-bond donors (Lipinski definition) is 1. The van der Waals surface area contributed by atoms with Crippen molar-refractivity contribution in [3.8, 4) is 0 Å². The number of hydrogen-bond acceptors (Lipinski definition) is 3. The average Bonchev–Trinajstić information content (AvgIpc) is 2.54. The molecule has 1 unspecified atom stereocenters. The van der Waals surface area contributed by atoms with E-state index in [4.69, 9.17) is 4.42 Å². The molecule has 0 fully saturated rings. The van der Waals surface area contributed by atoms with Crippen molar-refractivity contribution < 1.29 is 4.42 Å². The molecule has 0 spiro atoms. The first-order chi connectivity index (χ1) is 6.27. The van der Waals surface area contributed by atoms with E-state index in [1.54, 1.807) is 6.26 Å². The Balaban J connectivity index is 2.38. The van der Waals surface area contributed by atoms with E-state index in [2.05, 4.69) is 12.2 Å². The maximum Gasteiger partial charge on any atom is 0.114 e. The lowest BCUT2D eigenvalue weighted by atomic mass is 10.3. The molecule has 1 aromatic rings. The topological polar surface area (TPSA) is 25.2 Å². The molecule has 0 aliphatic carbocycles. The molecule has 74 valence electrons. The first kappa shape index (κ1) is 10.7. The Kier molecular flexibility index (Phi) is 4.39. The zero-order valence-electron chi connectivity index (χ0n) is 8.46. The Morgan fingerprint density at radius 2 is 2.38 bits per heavy atom. The van der Waals surface area contributed by atoms with Gasteiger partial charge >= 0.3 is 0 Å². The minimum Gasteiger partial charge on any atom is -0.468 e. The van der Waals surface area contributed by atoms with E-state index in [0.29, 0.717) is 6.04 Å². The molecular weight excluding hydrogens is 182 g/mol. The minimum atomic E-state index is 0.597. The van der Waals surface area contributed by atoms with Crippen LogP contribution in [0.1, 0.15) is 19.1 Å². The van der Waals surface area contributed by atoms with Crippen LogP contribution >= 0.6 is 11.8 Å². The van der Waals surface area contributed by atoms with Gasteiger partial charge in [0.1, 0.15) is 5.76 Å². The lowest BCUT2D eigenvalue weighted by Gasteiger charge is -2.12. The van der Waals surface area contributed by atoms with E-state index in [1.807, 2.05) is 31.8 Å².